The normalized spacial score (nSPS) is 16.1. The average molecular weight is 354 g/mol. The van der Waals surface area contributed by atoms with Gasteiger partial charge in [0.1, 0.15) is 4.90 Å². The molecule has 0 radical (unpaired) electrons. The molecule has 0 saturated carbocycles. The Balaban J connectivity index is 2.46. The van der Waals surface area contributed by atoms with Crippen molar-refractivity contribution >= 4 is 31.9 Å². The van der Waals surface area contributed by atoms with E-state index in [0.717, 1.165) is 12.1 Å². The van der Waals surface area contributed by atoms with Crippen LogP contribution in [0.3, 0.4) is 0 Å². The second-order valence-electron chi connectivity index (χ2n) is 3.93. The molecule has 0 atom stereocenters. The van der Waals surface area contributed by atoms with E-state index < -0.39 is 38.3 Å². The number of sulfonamides is 1. The highest BCUT2D eigenvalue weighted by atomic mass is 79.9. The summed E-state index contributed by atoms with van der Waals surface area (Å²) in [4.78, 5) is 10.1. The Hall–Kier alpha value is -1.03. The van der Waals surface area contributed by atoms with Crippen molar-refractivity contribution in [3.63, 3.8) is 0 Å². The molecule has 1 heterocycles. The molecule has 19 heavy (non-hydrogen) atoms. The van der Waals surface area contributed by atoms with Crippen LogP contribution in [0, 0.1) is 5.82 Å². The summed E-state index contributed by atoms with van der Waals surface area (Å²) in [5, 5.41) is 8.82. The van der Waals surface area contributed by atoms with Crippen LogP contribution in [0.5, 0.6) is 0 Å². The number of rotatable bonds is 4. The number of nitrogens with one attached hydrogen (secondary N) is 1. The third kappa shape index (κ3) is 2.94. The molecule has 9 heteroatoms. The minimum absolute atomic E-state index is 0.163. The predicted molar refractivity (Wildman–Crippen MR) is 66.0 cm³/mol. The van der Waals surface area contributed by atoms with E-state index in [-0.39, 0.29) is 17.7 Å². The van der Waals surface area contributed by atoms with Crippen LogP contribution in [-0.4, -0.2) is 38.7 Å². The van der Waals surface area contributed by atoms with E-state index in [1.165, 1.54) is 0 Å². The van der Waals surface area contributed by atoms with E-state index in [9.17, 15) is 17.6 Å². The zero-order valence-electron chi connectivity index (χ0n) is 9.39. The largest absolute Gasteiger partial charge is 0.478 e. The molecular formula is C10H9BrFNO5S. The first kappa shape index (κ1) is 14.4. The molecule has 1 fully saturated rings. The van der Waals surface area contributed by atoms with Gasteiger partial charge in [-0.05, 0) is 12.1 Å². The standard InChI is InChI=1S/C10H9BrFNO5S/c11-5-1-7(10(14)15)9(12)8(2-5)19(16,17)13-6-3-18-4-6/h1-2,6,13H,3-4H2,(H,14,15). The van der Waals surface area contributed by atoms with Gasteiger partial charge < -0.3 is 9.84 Å². The minimum Gasteiger partial charge on any atom is -0.478 e. The lowest BCUT2D eigenvalue weighted by Gasteiger charge is -2.26. The van der Waals surface area contributed by atoms with Gasteiger partial charge in [-0.1, -0.05) is 15.9 Å². The number of ether oxygens (including phenoxy) is 1. The Morgan fingerprint density at radius 1 is 1.47 bits per heavy atom. The van der Waals surface area contributed by atoms with E-state index in [4.69, 9.17) is 9.84 Å². The number of halogens is 2. The van der Waals surface area contributed by atoms with Crippen molar-refractivity contribution in [3.05, 3.63) is 28.0 Å². The number of carbonyl (C=O) groups is 1. The molecule has 1 aromatic rings. The number of aromatic carboxylic acids is 1. The van der Waals surface area contributed by atoms with Gasteiger partial charge in [-0.15, -0.1) is 0 Å². The molecule has 104 valence electrons. The van der Waals surface area contributed by atoms with Crippen LogP contribution in [0.4, 0.5) is 4.39 Å². The van der Waals surface area contributed by atoms with Gasteiger partial charge in [0, 0.05) is 4.47 Å². The fourth-order valence-electron chi connectivity index (χ4n) is 1.50. The van der Waals surface area contributed by atoms with Crippen molar-refractivity contribution in [1.82, 2.24) is 4.72 Å². The molecule has 0 aliphatic carbocycles. The number of hydrogen-bond donors (Lipinski definition) is 2. The van der Waals surface area contributed by atoms with Crippen molar-refractivity contribution in [1.29, 1.82) is 0 Å². The van der Waals surface area contributed by atoms with Crippen molar-refractivity contribution in [2.45, 2.75) is 10.9 Å². The molecular weight excluding hydrogens is 345 g/mol. The molecule has 0 aromatic heterocycles. The maximum Gasteiger partial charge on any atom is 0.338 e. The number of benzene rings is 1. The molecule has 2 rings (SSSR count). The molecule has 1 aliphatic rings. The van der Waals surface area contributed by atoms with E-state index >= 15 is 0 Å². The van der Waals surface area contributed by atoms with Gasteiger partial charge in [-0.25, -0.2) is 22.3 Å². The van der Waals surface area contributed by atoms with E-state index in [2.05, 4.69) is 20.7 Å². The Bertz CT molecular complexity index is 629. The molecule has 1 aliphatic heterocycles. The van der Waals surface area contributed by atoms with Crippen LogP contribution in [0.25, 0.3) is 0 Å². The second kappa shape index (κ2) is 5.16. The summed E-state index contributed by atoms with van der Waals surface area (Å²) in [6.45, 7) is 0.418. The number of hydrogen-bond acceptors (Lipinski definition) is 4. The van der Waals surface area contributed by atoms with Crippen molar-refractivity contribution in [2.75, 3.05) is 13.2 Å². The van der Waals surface area contributed by atoms with Gasteiger partial charge in [-0.3, -0.25) is 0 Å². The summed E-state index contributed by atoms with van der Waals surface area (Å²) in [6, 6.07) is 1.60. The molecule has 0 spiro atoms. The van der Waals surface area contributed by atoms with Crippen molar-refractivity contribution in [2.24, 2.45) is 0 Å². The molecule has 0 amide bonds. The van der Waals surface area contributed by atoms with Gasteiger partial charge >= 0.3 is 5.97 Å². The Morgan fingerprint density at radius 2 is 2.11 bits per heavy atom. The van der Waals surface area contributed by atoms with Crippen LogP contribution in [0.1, 0.15) is 10.4 Å². The Labute approximate surface area is 116 Å². The predicted octanol–water partition coefficient (Wildman–Crippen LogP) is 0.964. The summed E-state index contributed by atoms with van der Waals surface area (Å²) in [6.07, 6.45) is 0. The quantitative estimate of drug-likeness (QED) is 0.840. The number of carboxylic acids is 1. The monoisotopic (exact) mass is 353 g/mol. The lowest BCUT2D eigenvalue weighted by Crippen LogP contribution is -2.48. The first-order chi connectivity index (χ1) is 8.81. The molecule has 6 nitrogen and oxygen atoms in total. The highest BCUT2D eigenvalue weighted by Crippen LogP contribution is 2.24. The molecule has 1 aromatic carbocycles. The summed E-state index contributed by atoms with van der Waals surface area (Å²) < 4.78 is 45.1. The van der Waals surface area contributed by atoms with Crippen LogP contribution in [0.15, 0.2) is 21.5 Å². The van der Waals surface area contributed by atoms with E-state index in [1.807, 2.05) is 0 Å². The molecule has 2 N–H and O–H groups in total. The smallest absolute Gasteiger partial charge is 0.338 e. The zero-order chi connectivity index (χ0) is 14.2. The van der Waals surface area contributed by atoms with Crippen LogP contribution < -0.4 is 4.72 Å². The SMILES string of the molecule is O=C(O)c1cc(Br)cc(S(=O)(=O)NC2COC2)c1F. The van der Waals surface area contributed by atoms with E-state index in [1.54, 1.807) is 0 Å². The summed E-state index contributed by atoms with van der Waals surface area (Å²) in [5.41, 5.74) is -0.709. The molecule has 0 bridgehead atoms. The first-order valence-corrected chi connectivity index (χ1v) is 7.41. The Kier molecular flexibility index (Phi) is 3.90. The lowest BCUT2D eigenvalue weighted by atomic mass is 10.2. The van der Waals surface area contributed by atoms with Crippen LogP contribution >= 0.6 is 15.9 Å². The Morgan fingerprint density at radius 3 is 2.58 bits per heavy atom. The van der Waals surface area contributed by atoms with E-state index in [0.29, 0.717) is 0 Å². The minimum atomic E-state index is -4.13. The summed E-state index contributed by atoms with van der Waals surface area (Å²) >= 11 is 2.96. The van der Waals surface area contributed by atoms with Gasteiger partial charge in [0.05, 0.1) is 24.8 Å². The van der Waals surface area contributed by atoms with Gasteiger partial charge in [0.25, 0.3) is 0 Å². The van der Waals surface area contributed by atoms with Crippen LogP contribution in [0.2, 0.25) is 0 Å². The van der Waals surface area contributed by atoms with Gasteiger partial charge in [0.15, 0.2) is 5.82 Å². The summed E-state index contributed by atoms with van der Waals surface area (Å²) in [5.74, 6) is -2.83. The topological polar surface area (TPSA) is 92.7 Å². The first-order valence-electron chi connectivity index (χ1n) is 5.13. The average Bonchev–Trinajstić information content (AvgIpc) is 2.26. The third-order valence-electron chi connectivity index (χ3n) is 2.48. The van der Waals surface area contributed by atoms with Crippen molar-refractivity contribution < 1.29 is 27.4 Å². The maximum absolute atomic E-state index is 13.9. The van der Waals surface area contributed by atoms with Crippen LogP contribution in [-0.2, 0) is 14.8 Å². The zero-order valence-corrected chi connectivity index (χ0v) is 11.8. The highest BCUT2D eigenvalue weighted by molar-refractivity contribution is 9.10. The van der Waals surface area contributed by atoms with Gasteiger partial charge in [0.2, 0.25) is 10.0 Å². The highest BCUT2D eigenvalue weighted by Gasteiger charge is 2.30. The fraction of sp³-hybridized carbons (Fsp3) is 0.300. The van der Waals surface area contributed by atoms with Crippen molar-refractivity contribution in [3.8, 4) is 0 Å². The lowest BCUT2D eigenvalue weighted by molar-refractivity contribution is 0.00479. The van der Waals surface area contributed by atoms with Gasteiger partial charge in [-0.2, -0.15) is 0 Å². The summed E-state index contributed by atoms with van der Waals surface area (Å²) in [7, 11) is -4.13. The third-order valence-corrected chi connectivity index (χ3v) is 4.46. The molecule has 0 unspecified atom stereocenters. The maximum atomic E-state index is 13.9. The number of carboxylic acid groups (broad SMARTS) is 1. The molecule has 1 saturated heterocycles. The fourth-order valence-corrected chi connectivity index (χ4v) is 3.44. The second-order valence-corrected chi connectivity index (χ2v) is 6.52.